The average molecular weight is 311 g/mol. The van der Waals surface area contributed by atoms with E-state index in [-0.39, 0.29) is 5.57 Å². The molecule has 4 heteroatoms. The molecule has 1 amide bonds. The van der Waals surface area contributed by atoms with Gasteiger partial charge in [-0.2, -0.15) is 5.26 Å². The largest absolute Gasteiger partial charge is 0.321 e. The number of amides is 1. The van der Waals surface area contributed by atoms with Crippen molar-refractivity contribution in [3.63, 3.8) is 0 Å². The van der Waals surface area contributed by atoms with E-state index in [0.29, 0.717) is 16.3 Å². The van der Waals surface area contributed by atoms with Gasteiger partial charge in [0.05, 0.1) is 0 Å². The molecule has 2 aromatic rings. The van der Waals surface area contributed by atoms with Crippen LogP contribution in [0.5, 0.6) is 0 Å². The van der Waals surface area contributed by atoms with Crippen LogP contribution in [-0.2, 0) is 11.2 Å². The van der Waals surface area contributed by atoms with Gasteiger partial charge in [0.15, 0.2) is 0 Å². The number of hydrogen-bond acceptors (Lipinski definition) is 2. The van der Waals surface area contributed by atoms with Crippen molar-refractivity contribution in [1.82, 2.24) is 0 Å². The van der Waals surface area contributed by atoms with Crippen molar-refractivity contribution in [2.24, 2.45) is 0 Å². The molecule has 2 aromatic carbocycles. The monoisotopic (exact) mass is 310 g/mol. The summed E-state index contributed by atoms with van der Waals surface area (Å²) in [7, 11) is 0. The lowest BCUT2D eigenvalue weighted by molar-refractivity contribution is -0.112. The third kappa shape index (κ3) is 3.97. The van der Waals surface area contributed by atoms with Crippen LogP contribution in [0.2, 0.25) is 5.02 Å². The molecule has 1 N–H and O–H groups in total. The van der Waals surface area contributed by atoms with Crippen LogP contribution in [0.3, 0.4) is 0 Å². The Bertz CT molecular complexity index is 742. The first-order valence-corrected chi connectivity index (χ1v) is 7.28. The van der Waals surface area contributed by atoms with Crippen molar-refractivity contribution in [3.05, 3.63) is 70.3 Å². The molecule has 0 aromatic heterocycles. The van der Waals surface area contributed by atoms with E-state index >= 15 is 0 Å². The Morgan fingerprint density at radius 2 is 1.91 bits per heavy atom. The van der Waals surface area contributed by atoms with Gasteiger partial charge in [-0.25, -0.2) is 0 Å². The highest BCUT2D eigenvalue weighted by Gasteiger charge is 2.10. The van der Waals surface area contributed by atoms with Crippen LogP contribution >= 0.6 is 11.6 Å². The molecule has 22 heavy (non-hydrogen) atoms. The number of aryl methyl sites for hydroxylation is 1. The standard InChI is InChI=1S/C18H15ClN2O/c1-2-13-7-9-16(10-8-13)21-18(22)15(12-20)11-14-5-3-4-6-17(14)19/h3-11H,2H2,1H3,(H,21,22)/b15-11+. The molecule has 0 bridgehead atoms. The van der Waals surface area contributed by atoms with Crippen LogP contribution in [0.4, 0.5) is 5.69 Å². The SMILES string of the molecule is CCc1ccc(NC(=O)/C(C#N)=C/c2ccccc2Cl)cc1. The summed E-state index contributed by atoms with van der Waals surface area (Å²) < 4.78 is 0. The summed E-state index contributed by atoms with van der Waals surface area (Å²) in [5, 5.41) is 12.4. The number of nitrogens with one attached hydrogen (secondary N) is 1. The molecule has 0 fully saturated rings. The number of nitrogens with zero attached hydrogens (tertiary/aromatic N) is 1. The Balaban J connectivity index is 2.19. The normalized spacial score (nSPS) is 10.9. The van der Waals surface area contributed by atoms with Crippen molar-refractivity contribution in [2.45, 2.75) is 13.3 Å². The molecule has 0 heterocycles. The minimum absolute atomic E-state index is 0.00710. The molecule has 0 unspecified atom stereocenters. The van der Waals surface area contributed by atoms with Crippen LogP contribution in [0.25, 0.3) is 6.08 Å². The zero-order chi connectivity index (χ0) is 15.9. The van der Waals surface area contributed by atoms with E-state index in [1.807, 2.05) is 30.3 Å². The van der Waals surface area contributed by atoms with E-state index in [1.54, 1.807) is 24.3 Å². The van der Waals surface area contributed by atoms with Gasteiger partial charge in [0.25, 0.3) is 5.91 Å². The molecule has 0 saturated carbocycles. The van der Waals surface area contributed by atoms with Crippen molar-refractivity contribution in [1.29, 1.82) is 5.26 Å². The average Bonchev–Trinajstić information content (AvgIpc) is 2.54. The van der Waals surface area contributed by atoms with Crippen molar-refractivity contribution in [2.75, 3.05) is 5.32 Å². The number of rotatable bonds is 4. The summed E-state index contributed by atoms with van der Waals surface area (Å²) in [6, 6.07) is 16.5. The summed E-state index contributed by atoms with van der Waals surface area (Å²) in [4.78, 5) is 12.2. The summed E-state index contributed by atoms with van der Waals surface area (Å²) in [5.74, 6) is -0.452. The lowest BCUT2D eigenvalue weighted by Gasteiger charge is -2.05. The number of halogens is 1. The molecule has 0 aliphatic rings. The van der Waals surface area contributed by atoms with Crippen molar-refractivity contribution >= 4 is 29.3 Å². The highest BCUT2D eigenvalue weighted by atomic mass is 35.5. The van der Waals surface area contributed by atoms with Gasteiger partial charge in [-0.05, 0) is 41.8 Å². The maximum Gasteiger partial charge on any atom is 0.266 e. The topological polar surface area (TPSA) is 52.9 Å². The highest BCUT2D eigenvalue weighted by Crippen LogP contribution is 2.19. The Morgan fingerprint density at radius 3 is 2.50 bits per heavy atom. The number of carbonyl (C=O) groups is 1. The second kappa shape index (κ2) is 7.44. The number of nitriles is 1. The van der Waals surface area contributed by atoms with Crippen LogP contribution < -0.4 is 5.32 Å². The van der Waals surface area contributed by atoms with Gasteiger partial charge in [-0.3, -0.25) is 4.79 Å². The summed E-state index contributed by atoms with van der Waals surface area (Å²) in [6.45, 7) is 2.06. The Labute approximate surface area is 134 Å². The maximum absolute atomic E-state index is 12.2. The van der Waals surface area contributed by atoms with Gasteiger partial charge >= 0.3 is 0 Å². The fraction of sp³-hybridized carbons (Fsp3) is 0.111. The molecule has 110 valence electrons. The number of hydrogen-bond donors (Lipinski definition) is 1. The molecule has 3 nitrogen and oxygen atoms in total. The molecular weight excluding hydrogens is 296 g/mol. The predicted octanol–water partition coefficient (Wildman–Crippen LogP) is 4.45. The fourth-order valence-electron chi connectivity index (χ4n) is 1.92. The molecular formula is C18H15ClN2O. The minimum Gasteiger partial charge on any atom is -0.321 e. The smallest absolute Gasteiger partial charge is 0.266 e. The second-order valence-corrected chi connectivity index (χ2v) is 5.10. The molecule has 0 saturated heterocycles. The Hall–Kier alpha value is -2.57. The first kappa shape index (κ1) is 15.8. The highest BCUT2D eigenvalue weighted by molar-refractivity contribution is 6.32. The lowest BCUT2D eigenvalue weighted by Crippen LogP contribution is -2.13. The predicted molar refractivity (Wildman–Crippen MR) is 89.5 cm³/mol. The van der Waals surface area contributed by atoms with Crippen molar-refractivity contribution < 1.29 is 4.79 Å². The van der Waals surface area contributed by atoms with E-state index in [1.165, 1.54) is 11.6 Å². The van der Waals surface area contributed by atoms with Crippen LogP contribution in [0.15, 0.2) is 54.1 Å². The zero-order valence-electron chi connectivity index (χ0n) is 12.1. The van der Waals surface area contributed by atoms with Crippen molar-refractivity contribution in [3.8, 4) is 6.07 Å². The molecule has 2 rings (SSSR count). The maximum atomic E-state index is 12.2. The molecule has 0 atom stereocenters. The summed E-state index contributed by atoms with van der Waals surface area (Å²) in [6.07, 6.45) is 2.42. The zero-order valence-corrected chi connectivity index (χ0v) is 12.9. The number of benzene rings is 2. The Kier molecular flexibility index (Phi) is 5.35. The van der Waals surface area contributed by atoms with E-state index in [4.69, 9.17) is 11.6 Å². The quantitative estimate of drug-likeness (QED) is 0.670. The first-order valence-electron chi connectivity index (χ1n) is 6.90. The molecule has 0 radical (unpaired) electrons. The van der Waals surface area contributed by atoms with Crippen LogP contribution in [0.1, 0.15) is 18.1 Å². The van der Waals surface area contributed by atoms with E-state index in [9.17, 15) is 10.1 Å². The number of anilines is 1. The van der Waals surface area contributed by atoms with Gasteiger partial charge in [-0.1, -0.05) is 48.9 Å². The number of carbonyl (C=O) groups excluding carboxylic acids is 1. The fourth-order valence-corrected chi connectivity index (χ4v) is 2.11. The van der Waals surface area contributed by atoms with E-state index in [2.05, 4.69) is 12.2 Å². The third-order valence-corrected chi connectivity index (χ3v) is 3.53. The molecule has 0 spiro atoms. The first-order chi connectivity index (χ1) is 10.6. The molecule has 0 aliphatic heterocycles. The van der Waals surface area contributed by atoms with Gasteiger partial charge in [0, 0.05) is 10.7 Å². The second-order valence-electron chi connectivity index (χ2n) is 4.70. The van der Waals surface area contributed by atoms with Gasteiger partial charge in [-0.15, -0.1) is 0 Å². The van der Waals surface area contributed by atoms with E-state index in [0.717, 1.165) is 6.42 Å². The van der Waals surface area contributed by atoms with Crippen LogP contribution in [-0.4, -0.2) is 5.91 Å². The van der Waals surface area contributed by atoms with Gasteiger partial charge in [0.2, 0.25) is 0 Å². The lowest BCUT2D eigenvalue weighted by atomic mass is 10.1. The third-order valence-electron chi connectivity index (χ3n) is 3.19. The minimum atomic E-state index is -0.452. The summed E-state index contributed by atoms with van der Waals surface area (Å²) in [5.41, 5.74) is 2.48. The van der Waals surface area contributed by atoms with Gasteiger partial charge in [0.1, 0.15) is 11.6 Å². The summed E-state index contributed by atoms with van der Waals surface area (Å²) >= 11 is 6.04. The van der Waals surface area contributed by atoms with E-state index < -0.39 is 5.91 Å². The molecule has 0 aliphatic carbocycles. The van der Waals surface area contributed by atoms with Crippen LogP contribution in [0, 0.1) is 11.3 Å². The Morgan fingerprint density at radius 1 is 1.23 bits per heavy atom. The van der Waals surface area contributed by atoms with Gasteiger partial charge < -0.3 is 5.32 Å².